The van der Waals surface area contributed by atoms with Gasteiger partial charge in [0.1, 0.15) is 5.15 Å². The Morgan fingerprint density at radius 2 is 2.00 bits per heavy atom. The third-order valence-corrected chi connectivity index (χ3v) is 2.47. The third kappa shape index (κ3) is 3.32. The number of halogens is 1. The molecule has 7 heteroatoms. The average Bonchev–Trinajstić information content (AvgIpc) is 2.38. The lowest BCUT2D eigenvalue weighted by Gasteiger charge is -2.06. The predicted octanol–water partition coefficient (Wildman–Crippen LogP) is 1.97. The molecule has 0 aliphatic carbocycles. The molecule has 0 atom stereocenters. The third-order valence-electron chi connectivity index (χ3n) is 2.28. The molecule has 19 heavy (non-hydrogen) atoms. The van der Waals surface area contributed by atoms with Gasteiger partial charge in [-0.1, -0.05) is 11.6 Å². The Labute approximate surface area is 114 Å². The largest absolute Gasteiger partial charge is 0.481 e. The Hall–Kier alpha value is -2.34. The Balaban J connectivity index is 2.18. The standard InChI is InChI=1S/C12H11ClN4O2/c1-19-10-6-9(13)15-12(16-10)17-11(18)7-2-4-8(14)5-3-7/h2-6H,14H2,1H3,(H,15,16,17,18). The number of rotatable bonds is 3. The van der Waals surface area contributed by atoms with E-state index in [1.807, 2.05) is 0 Å². The number of ether oxygens (including phenoxy) is 1. The molecule has 98 valence electrons. The van der Waals surface area contributed by atoms with Gasteiger partial charge in [-0.3, -0.25) is 10.1 Å². The molecule has 0 spiro atoms. The van der Waals surface area contributed by atoms with E-state index in [9.17, 15) is 4.79 Å². The van der Waals surface area contributed by atoms with Crippen LogP contribution in [0.25, 0.3) is 0 Å². The number of anilines is 2. The van der Waals surface area contributed by atoms with Crippen LogP contribution in [0.15, 0.2) is 30.3 Å². The highest BCUT2D eigenvalue weighted by Gasteiger charge is 2.09. The van der Waals surface area contributed by atoms with Gasteiger partial charge in [-0.2, -0.15) is 4.98 Å². The van der Waals surface area contributed by atoms with Gasteiger partial charge in [-0.25, -0.2) is 4.98 Å². The lowest BCUT2D eigenvalue weighted by atomic mass is 10.2. The topological polar surface area (TPSA) is 90.1 Å². The summed E-state index contributed by atoms with van der Waals surface area (Å²) in [6, 6.07) is 7.92. The smallest absolute Gasteiger partial charge is 0.258 e. The van der Waals surface area contributed by atoms with Gasteiger partial charge in [0.15, 0.2) is 0 Å². The molecule has 0 aliphatic rings. The van der Waals surface area contributed by atoms with Crippen molar-refractivity contribution in [1.82, 2.24) is 9.97 Å². The molecule has 2 aromatic rings. The van der Waals surface area contributed by atoms with Gasteiger partial charge in [-0.15, -0.1) is 0 Å². The molecule has 0 saturated heterocycles. The number of nitrogens with zero attached hydrogens (tertiary/aromatic N) is 2. The molecule has 0 fully saturated rings. The van der Waals surface area contributed by atoms with Gasteiger partial charge < -0.3 is 10.5 Å². The SMILES string of the molecule is COc1cc(Cl)nc(NC(=O)c2ccc(N)cc2)n1. The number of carbonyl (C=O) groups is 1. The fraction of sp³-hybridized carbons (Fsp3) is 0.0833. The molecule has 6 nitrogen and oxygen atoms in total. The van der Waals surface area contributed by atoms with Gasteiger partial charge in [0, 0.05) is 17.3 Å². The second kappa shape index (κ2) is 5.53. The predicted molar refractivity (Wildman–Crippen MR) is 72.4 cm³/mol. The highest BCUT2D eigenvalue weighted by molar-refractivity contribution is 6.29. The summed E-state index contributed by atoms with van der Waals surface area (Å²) in [6.07, 6.45) is 0. The minimum absolute atomic E-state index is 0.0752. The summed E-state index contributed by atoms with van der Waals surface area (Å²) in [5.74, 6) is -0.0110. The molecule has 1 amide bonds. The van der Waals surface area contributed by atoms with E-state index in [1.165, 1.54) is 13.2 Å². The number of hydrogen-bond acceptors (Lipinski definition) is 5. The molecule has 0 radical (unpaired) electrons. The van der Waals surface area contributed by atoms with Gasteiger partial charge >= 0.3 is 0 Å². The number of aromatic nitrogens is 2. The van der Waals surface area contributed by atoms with Crippen molar-refractivity contribution in [2.75, 3.05) is 18.2 Å². The van der Waals surface area contributed by atoms with E-state index in [1.54, 1.807) is 24.3 Å². The molecule has 1 aromatic heterocycles. The summed E-state index contributed by atoms with van der Waals surface area (Å²) in [4.78, 5) is 19.8. The maximum absolute atomic E-state index is 11.9. The van der Waals surface area contributed by atoms with Crippen molar-refractivity contribution in [3.05, 3.63) is 41.0 Å². The zero-order valence-electron chi connectivity index (χ0n) is 10.1. The Bertz CT molecular complexity index is 601. The summed E-state index contributed by atoms with van der Waals surface area (Å²) in [5, 5.41) is 2.71. The molecule has 0 bridgehead atoms. The number of nitrogens with one attached hydrogen (secondary N) is 1. The van der Waals surface area contributed by atoms with Crippen LogP contribution in [0.5, 0.6) is 5.88 Å². The van der Waals surface area contributed by atoms with Crippen LogP contribution in [0.4, 0.5) is 11.6 Å². The van der Waals surface area contributed by atoms with E-state index in [2.05, 4.69) is 15.3 Å². The molecule has 2 rings (SSSR count). The second-order valence-electron chi connectivity index (χ2n) is 3.63. The van der Waals surface area contributed by atoms with Gasteiger partial charge in [0.25, 0.3) is 5.91 Å². The zero-order valence-corrected chi connectivity index (χ0v) is 10.8. The van der Waals surface area contributed by atoms with Crippen LogP contribution in [0.2, 0.25) is 5.15 Å². The average molecular weight is 279 g/mol. The Kier molecular flexibility index (Phi) is 3.82. The van der Waals surface area contributed by atoms with Gasteiger partial charge in [-0.05, 0) is 24.3 Å². The van der Waals surface area contributed by atoms with Crippen LogP contribution in [0.1, 0.15) is 10.4 Å². The maximum atomic E-state index is 11.9. The number of benzene rings is 1. The lowest BCUT2D eigenvalue weighted by molar-refractivity contribution is 0.102. The Morgan fingerprint density at radius 3 is 2.63 bits per heavy atom. The minimum Gasteiger partial charge on any atom is -0.481 e. The number of hydrogen-bond donors (Lipinski definition) is 2. The molecule has 0 unspecified atom stereocenters. The molecule has 1 heterocycles. The van der Waals surface area contributed by atoms with E-state index in [4.69, 9.17) is 22.1 Å². The molecule has 0 saturated carbocycles. The van der Waals surface area contributed by atoms with E-state index >= 15 is 0 Å². The fourth-order valence-electron chi connectivity index (χ4n) is 1.37. The summed E-state index contributed by atoms with van der Waals surface area (Å²) in [7, 11) is 1.45. The van der Waals surface area contributed by atoms with Crippen molar-refractivity contribution >= 4 is 29.1 Å². The van der Waals surface area contributed by atoms with E-state index in [0.717, 1.165) is 0 Å². The maximum Gasteiger partial charge on any atom is 0.258 e. The number of carbonyl (C=O) groups excluding carboxylic acids is 1. The zero-order chi connectivity index (χ0) is 13.8. The van der Waals surface area contributed by atoms with Crippen LogP contribution in [0.3, 0.4) is 0 Å². The first-order chi connectivity index (χ1) is 9.08. The normalized spacial score (nSPS) is 10.0. The first kappa shape index (κ1) is 13.1. The van der Waals surface area contributed by atoms with Crippen LogP contribution < -0.4 is 15.8 Å². The van der Waals surface area contributed by atoms with E-state index in [-0.39, 0.29) is 22.9 Å². The van der Waals surface area contributed by atoms with Gasteiger partial charge in [0.05, 0.1) is 7.11 Å². The van der Waals surface area contributed by atoms with E-state index in [0.29, 0.717) is 11.3 Å². The minimum atomic E-state index is -0.357. The number of nitrogen functional groups attached to an aromatic ring is 1. The van der Waals surface area contributed by atoms with Crippen LogP contribution in [-0.2, 0) is 0 Å². The van der Waals surface area contributed by atoms with Crippen molar-refractivity contribution in [2.24, 2.45) is 0 Å². The Morgan fingerprint density at radius 1 is 1.32 bits per heavy atom. The quantitative estimate of drug-likeness (QED) is 0.662. The van der Waals surface area contributed by atoms with Crippen LogP contribution in [0, 0.1) is 0 Å². The highest BCUT2D eigenvalue weighted by Crippen LogP contribution is 2.16. The summed E-state index contributed by atoms with van der Waals surface area (Å²) < 4.78 is 4.94. The number of amides is 1. The monoisotopic (exact) mass is 278 g/mol. The summed E-state index contributed by atoms with van der Waals surface area (Å²) in [5.41, 5.74) is 6.57. The number of methoxy groups -OCH3 is 1. The van der Waals surface area contributed by atoms with Crippen molar-refractivity contribution in [1.29, 1.82) is 0 Å². The molecule has 3 N–H and O–H groups in total. The van der Waals surface area contributed by atoms with Crippen LogP contribution in [-0.4, -0.2) is 23.0 Å². The van der Waals surface area contributed by atoms with E-state index < -0.39 is 0 Å². The van der Waals surface area contributed by atoms with Crippen molar-refractivity contribution in [3.63, 3.8) is 0 Å². The van der Waals surface area contributed by atoms with Crippen molar-refractivity contribution in [2.45, 2.75) is 0 Å². The highest BCUT2D eigenvalue weighted by atomic mass is 35.5. The molecular weight excluding hydrogens is 268 g/mol. The summed E-state index contributed by atoms with van der Waals surface area (Å²) >= 11 is 5.78. The molecular formula is C12H11ClN4O2. The summed E-state index contributed by atoms with van der Waals surface area (Å²) in [6.45, 7) is 0. The van der Waals surface area contributed by atoms with Crippen molar-refractivity contribution < 1.29 is 9.53 Å². The van der Waals surface area contributed by atoms with Crippen molar-refractivity contribution in [3.8, 4) is 5.88 Å². The first-order valence-electron chi connectivity index (χ1n) is 5.34. The molecule has 1 aromatic carbocycles. The second-order valence-corrected chi connectivity index (χ2v) is 4.02. The molecule has 0 aliphatic heterocycles. The number of nitrogens with two attached hydrogens (primary N) is 1. The lowest BCUT2D eigenvalue weighted by Crippen LogP contribution is -2.14. The van der Waals surface area contributed by atoms with Crippen LogP contribution >= 0.6 is 11.6 Å². The fourth-order valence-corrected chi connectivity index (χ4v) is 1.54. The first-order valence-corrected chi connectivity index (χ1v) is 5.72. The van der Waals surface area contributed by atoms with Gasteiger partial charge in [0.2, 0.25) is 11.8 Å².